The van der Waals surface area contributed by atoms with Gasteiger partial charge in [-0.25, -0.2) is 14.3 Å². The molecule has 0 unspecified atom stereocenters. The van der Waals surface area contributed by atoms with Crippen molar-refractivity contribution in [2.75, 3.05) is 0 Å². The predicted molar refractivity (Wildman–Crippen MR) is 117 cm³/mol. The number of nitrogens with zero attached hydrogens (tertiary/aromatic N) is 3. The van der Waals surface area contributed by atoms with E-state index in [-0.39, 0.29) is 12.2 Å². The monoisotopic (exact) mass is 405 g/mol. The molecule has 0 saturated heterocycles. The Morgan fingerprint density at radius 3 is 2.70 bits per heavy atom. The first-order chi connectivity index (χ1) is 14.5. The van der Waals surface area contributed by atoms with Gasteiger partial charge in [0, 0.05) is 11.8 Å². The molecule has 2 heterocycles. The van der Waals surface area contributed by atoms with Crippen molar-refractivity contribution in [3.63, 3.8) is 0 Å². The van der Waals surface area contributed by atoms with Crippen LogP contribution in [-0.2, 0) is 13.0 Å². The Balaban J connectivity index is 2.00. The van der Waals surface area contributed by atoms with Crippen LogP contribution >= 0.6 is 0 Å². The van der Waals surface area contributed by atoms with Crippen molar-refractivity contribution in [3.8, 4) is 5.75 Å². The first-order valence-corrected chi connectivity index (χ1v) is 10.1. The molecule has 0 aliphatic rings. The molecule has 0 aliphatic carbocycles. The highest BCUT2D eigenvalue weighted by atomic mass is 16.5. The minimum Gasteiger partial charge on any atom is -0.488 e. The van der Waals surface area contributed by atoms with E-state index in [4.69, 9.17) is 4.74 Å². The van der Waals surface area contributed by atoms with E-state index >= 15 is 0 Å². The third-order valence-electron chi connectivity index (χ3n) is 4.72. The summed E-state index contributed by atoms with van der Waals surface area (Å²) in [4.78, 5) is 16.4. The summed E-state index contributed by atoms with van der Waals surface area (Å²) in [6.45, 7) is 6.15. The molecule has 6 heteroatoms. The molecule has 156 valence electrons. The van der Waals surface area contributed by atoms with E-state index in [0.29, 0.717) is 23.6 Å². The van der Waals surface area contributed by atoms with Crippen LogP contribution in [0.2, 0.25) is 0 Å². The molecule has 3 rings (SSSR count). The maximum atomic E-state index is 12.0. The number of benzene rings is 1. The molecule has 1 N–H and O–H groups in total. The molecule has 3 aromatic rings. The minimum absolute atomic E-state index is 0.0352. The van der Waals surface area contributed by atoms with E-state index < -0.39 is 5.97 Å². The maximum absolute atomic E-state index is 12.0. The molecule has 0 atom stereocenters. The number of aryl methyl sites for hydroxylation is 2. The van der Waals surface area contributed by atoms with Crippen LogP contribution < -0.4 is 4.74 Å². The maximum Gasteiger partial charge on any atom is 0.343 e. The molecule has 1 aromatic carbocycles. The van der Waals surface area contributed by atoms with Gasteiger partial charge >= 0.3 is 5.97 Å². The number of allylic oxidation sites excluding steroid dienone is 4. The smallest absolute Gasteiger partial charge is 0.343 e. The van der Waals surface area contributed by atoms with Gasteiger partial charge in [-0.15, -0.1) is 0 Å². The van der Waals surface area contributed by atoms with Crippen molar-refractivity contribution in [2.24, 2.45) is 0 Å². The van der Waals surface area contributed by atoms with E-state index in [0.717, 1.165) is 24.1 Å². The summed E-state index contributed by atoms with van der Waals surface area (Å²) in [7, 11) is 0. The van der Waals surface area contributed by atoms with Crippen LogP contribution in [0.3, 0.4) is 0 Å². The highest BCUT2D eigenvalue weighted by molar-refractivity contribution is 5.97. The Hall–Kier alpha value is -3.41. The van der Waals surface area contributed by atoms with Crippen molar-refractivity contribution in [3.05, 3.63) is 82.8 Å². The molecular weight excluding hydrogens is 378 g/mol. The summed E-state index contributed by atoms with van der Waals surface area (Å²) in [5, 5.41) is 14.3. The predicted octanol–water partition coefficient (Wildman–Crippen LogP) is 5.16. The van der Waals surface area contributed by atoms with E-state index in [2.05, 4.69) is 29.2 Å². The largest absolute Gasteiger partial charge is 0.488 e. The summed E-state index contributed by atoms with van der Waals surface area (Å²) >= 11 is 0. The quantitative estimate of drug-likeness (QED) is 0.498. The zero-order valence-corrected chi connectivity index (χ0v) is 17.6. The van der Waals surface area contributed by atoms with Crippen LogP contribution in [0.1, 0.15) is 54.1 Å². The van der Waals surface area contributed by atoms with Crippen LogP contribution in [0, 0.1) is 6.92 Å². The number of fused-ring (bicyclic) bond motifs is 1. The van der Waals surface area contributed by atoms with Crippen molar-refractivity contribution >= 4 is 11.6 Å². The van der Waals surface area contributed by atoms with Gasteiger partial charge in [0.25, 0.3) is 0 Å². The second-order valence-electron chi connectivity index (χ2n) is 7.04. The number of aromatic carboxylic acids is 1. The Morgan fingerprint density at radius 1 is 1.27 bits per heavy atom. The topological polar surface area (TPSA) is 76.7 Å². The van der Waals surface area contributed by atoms with Gasteiger partial charge in [-0.2, -0.15) is 5.10 Å². The van der Waals surface area contributed by atoms with E-state index in [1.54, 1.807) is 17.5 Å². The zero-order chi connectivity index (χ0) is 21.5. The molecule has 30 heavy (non-hydrogen) atoms. The van der Waals surface area contributed by atoms with Crippen LogP contribution in [0.25, 0.3) is 5.65 Å². The van der Waals surface area contributed by atoms with Gasteiger partial charge in [-0.3, -0.25) is 0 Å². The summed E-state index contributed by atoms with van der Waals surface area (Å²) in [6, 6.07) is 11.5. The Morgan fingerprint density at radius 2 is 2.03 bits per heavy atom. The average Bonchev–Trinajstić information content (AvgIpc) is 3.12. The Labute approximate surface area is 176 Å². The summed E-state index contributed by atoms with van der Waals surface area (Å²) in [6.07, 6.45) is 8.79. The number of carboxylic acids is 1. The summed E-state index contributed by atoms with van der Waals surface area (Å²) in [5.74, 6) is -0.243. The van der Waals surface area contributed by atoms with Gasteiger partial charge in [0.1, 0.15) is 23.7 Å². The molecule has 0 radical (unpaired) electrons. The highest BCUT2D eigenvalue weighted by Gasteiger charge is 2.22. The fraction of sp³-hybridized carbons (Fsp3) is 0.292. The number of ether oxygens (including phenoxy) is 1. The Kier molecular flexibility index (Phi) is 7.01. The molecule has 2 aromatic heterocycles. The molecule has 6 nitrogen and oxygen atoms in total. The number of carboxylic acid groups (broad SMARTS) is 1. The lowest BCUT2D eigenvalue weighted by molar-refractivity contribution is 0.0693. The molecule has 0 amide bonds. The van der Waals surface area contributed by atoms with Crippen LogP contribution in [0.5, 0.6) is 5.75 Å². The van der Waals surface area contributed by atoms with Crippen molar-refractivity contribution in [1.29, 1.82) is 0 Å². The lowest BCUT2D eigenvalue weighted by Crippen LogP contribution is -2.10. The fourth-order valence-corrected chi connectivity index (χ4v) is 3.40. The summed E-state index contributed by atoms with van der Waals surface area (Å²) < 4.78 is 7.59. The van der Waals surface area contributed by atoms with Gasteiger partial charge < -0.3 is 9.84 Å². The van der Waals surface area contributed by atoms with E-state index in [1.807, 2.05) is 43.3 Å². The normalized spacial score (nSPS) is 12.0. The van der Waals surface area contributed by atoms with Gasteiger partial charge in [0.15, 0.2) is 5.65 Å². The molecular formula is C24H27N3O3. The average molecular weight is 405 g/mol. The van der Waals surface area contributed by atoms with Crippen LogP contribution in [-0.4, -0.2) is 25.7 Å². The number of hydrogen-bond donors (Lipinski definition) is 1. The van der Waals surface area contributed by atoms with Crippen LogP contribution in [0.15, 0.2) is 60.2 Å². The SMILES string of the molecule is C/C=C\C(=C/CC)CCc1cc(OCc2ccccc2)c(C(=O)O)c2nc(C)nn12. The third-order valence-corrected chi connectivity index (χ3v) is 4.72. The van der Waals surface area contributed by atoms with E-state index in [9.17, 15) is 9.90 Å². The highest BCUT2D eigenvalue weighted by Crippen LogP contribution is 2.27. The number of hydrogen-bond acceptors (Lipinski definition) is 4. The number of aromatic nitrogens is 3. The van der Waals surface area contributed by atoms with Crippen molar-refractivity contribution in [1.82, 2.24) is 14.6 Å². The number of rotatable bonds is 9. The lowest BCUT2D eigenvalue weighted by Gasteiger charge is -2.13. The fourth-order valence-electron chi connectivity index (χ4n) is 3.40. The third kappa shape index (κ3) is 4.95. The van der Waals surface area contributed by atoms with Gasteiger partial charge in [0.05, 0.1) is 0 Å². The zero-order valence-electron chi connectivity index (χ0n) is 17.6. The first kappa shape index (κ1) is 21.3. The molecule has 0 saturated carbocycles. The first-order valence-electron chi connectivity index (χ1n) is 10.1. The van der Waals surface area contributed by atoms with Crippen LogP contribution in [0.4, 0.5) is 0 Å². The minimum atomic E-state index is -1.08. The van der Waals surface area contributed by atoms with Gasteiger partial charge in [-0.05, 0) is 38.7 Å². The standard InChI is InChI=1S/C24H27N3O3/c1-4-9-18(10-5-2)13-14-20-15-21(30-16-19-11-7-6-8-12-19)22(24(28)29)23-25-17(3)26-27(20)23/h4,6-12,15H,5,13-14,16H2,1-3H3,(H,28,29)/b9-4-,18-10+. The molecule has 0 fully saturated rings. The lowest BCUT2D eigenvalue weighted by atomic mass is 10.1. The molecule has 0 aliphatic heterocycles. The van der Waals surface area contributed by atoms with Crippen molar-refractivity contribution in [2.45, 2.75) is 46.6 Å². The van der Waals surface area contributed by atoms with Gasteiger partial charge in [-0.1, -0.05) is 61.1 Å². The second kappa shape index (κ2) is 9.87. The molecule has 0 spiro atoms. The number of pyridine rings is 1. The number of carbonyl (C=O) groups is 1. The van der Waals surface area contributed by atoms with Crippen molar-refractivity contribution < 1.29 is 14.6 Å². The van der Waals surface area contributed by atoms with Gasteiger partial charge in [0.2, 0.25) is 0 Å². The molecule has 0 bridgehead atoms. The Bertz CT molecular complexity index is 1080. The van der Waals surface area contributed by atoms with E-state index in [1.165, 1.54) is 5.57 Å². The summed E-state index contributed by atoms with van der Waals surface area (Å²) in [5.41, 5.74) is 3.42. The second-order valence-corrected chi connectivity index (χ2v) is 7.04.